The summed E-state index contributed by atoms with van der Waals surface area (Å²) in [5, 5.41) is 5.31. The second-order valence-corrected chi connectivity index (χ2v) is 5.13. The Bertz CT molecular complexity index is 713. The maximum absolute atomic E-state index is 12.1. The number of aromatic nitrogens is 2. The van der Waals surface area contributed by atoms with Crippen LogP contribution in [-0.4, -0.2) is 34.9 Å². The Labute approximate surface area is 129 Å². The SMILES string of the molecule is CCCNC(=O)CNC(=O)c1ccc2nc(C)c(C)nc2c1. The van der Waals surface area contributed by atoms with Crippen LogP contribution < -0.4 is 10.6 Å². The standard InChI is InChI=1S/C16H20N4O2/c1-4-7-17-15(21)9-18-16(22)12-5-6-13-14(8-12)20-11(3)10(2)19-13/h5-6,8H,4,7,9H2,1-3H3,(H,17,21)(H,18,22). The minimum Gasteiger partial charge on any atom is -0.355 e. The fourth-order valence-corrected chi connectivity index (χ4v) is 1.96. The van der Waals surface area contributed by atoms with Crippen molar-refractivity contribution in [3.05, 3.63) is 35.2 Å². The summed E-state index contributed by atoms with van der Waals surface area (Å²) in [6.45, 7) is 6.33. The Balaban J connectivity index is 2.08. The third-order valence-corrected chi connectivity index (χ3v) is 3.32. The van der Waals surface area contributed by atoms with E-state index in [-0.39, 0.29) is 18.4 Å². The fourth-order valence-electron chi connectivity index (χ4n) is 1.96. The number of nitrogens with one attached hydrogen (secondary N) is 2. The molecule has 0 fully saturated rings. The van der Waals surface area contributed by atoms with Gasteiger partial charge in [-0.05, 0) is 38.5 Å². The van der Waals surface area contributed by atoms with E-state index in [4.69, 9.17) is 0 Å². The van der Waals surface area contributed by atoms with Crippen molar-refractivity contribution in [3.8, 4) is 0 Å². The number of carbonyl (C=O) groups excluding carboxylic acids is 2. The Morgan fingerprint density at radius 3 is 2.41 bits per heavy atom. The highest BCUT2D eigenvalue weighted by Crippen LogP contribution is 2.14. The van der Waals surface area contributed by atoms with E-state index in [1.807, 2.05) is 20.8 Å². The average molecular weight is 300 g/mol. The first kappa shape index (κ1) is 15.9. The lowest BCUT2D eigenvalue weighted by Gasteiger charge is -2.07. The monoisotopic (exact) mass is 300 g/mol. The van der Waals surface area contributed by atoms with Gasteiger partial charge in [-0.1, -0.05) is 6.92 Å². The van der Waals surface area contributed by atoms with Gasteiger partial charge >= 0.3 is 0 Å². The number of benzene rings is 1. The first-order valence-corrected chi connectivity index (χ1v) is 7.31. The van der Waals surface area contributed by atoms with Crippen LogP contribution >= 0.6 is 0 Å². The number of fused-ring (bicyclic) bond motifs is 1. The van der Waals surface area contributed by atoms with Crippen LogP contribution in [0.2, 0.25) is 0 Å². The molecule has 0 aliphatic carbocycles. The predicted molar refractivity (Wildman–Crippen MR) is 84.6 cm³/mol. The second kappa shape index (κ2) is 6.98. The van der Waals surface area contributed by atoms with Crippen molar-refractivity contribution >= 4 is 22.8 Å². The quantitative estimate of drug-likeness (QED) is 0.876. The lowest BCUT2D eigenvalue weighted by Crippen LogP contribution is -2.37. The van der Waals surface area contributed by atoms with Crippen molar-refractivity contribution in [2.45, 2.75) is 27.2 Å². The fraction of sp³-hybridized carbons (Fsp3) is 0.375. The van der Waals surface area contributed by atoms with Crippen LogP contribution in [0.1, 0.15) is 35.1 Å². The third-order valence-electron chi connectivity index (χ3n) is 3.32. The Morgan fingerprint density at radius 2 is 1.73 bits per heavy atom. The van der Waals surface area contributed by atoms with Gasteiger partial charge in [-0.3, -0.25) is 9.59 Å². The molecule has 116 valence electrons. The lowest BCUT2D eigenvalue weighted by molar-refractivity contribution is -0.120. The summed E-state index contributed by atoms with van der Waals surface area (Å²) in [5.74, 6) is -0.490. The number of hydrogen-bond acceptors (Lipinski definition) is 4. The molecule has 0 spiro atoms. The van der Waals surface area contributed by atoms with Crippen LogP contribution in [0.15, 0.2) is 18.2 Å². The number of carbonyl (C=O) groups is 2. The van der Waals surface area contributed by atoms with Gasteiger partial charge in [-0.15, -0.1) is 0 Å². The largest absolute Gasteiger partial charge is 0.355 e. The lowest BCUT2D eigenvalue weighted by atomic mass is 10.1. The van der Waals surface area contributed by atoms with Gasteiger partial charge < -0.3 is 10.6 Å². The van der Waals surface area contributed by atoms with E-state index in [9.17, 15) is 9.59 Å². The zero-order valence-corrected chi connectivity index (χ0v) is 13.1. The number of hydrogen-bond donors (Lipinski definition) is 2. The van der Waals surface area contributed by atoms with E-state index in [1.54, 1.807) is 18.2 Å². The summed E-state index contributed by atoms with van der Waals surface area (Å²) in [7, 11) is 0. The second-order valence-electron chi connectivity index (χ2n) is 5.13. The molecule has 2 amide bonds. The highest BCUT2D eigenvalue weighted by atomic mass is 16.2. The number of amides is 2. The van der Waals surface area contributed by atoms with Gasteiger partial charge in [0.2, 0.25) is 5.91 Å². The Kier molecular flexibility index (Phi) is 5.04. The molecule has 0 atom stereocenters. The van der Waals surface area contributed by atoms with E-state index in [0.717, 1.165) is 23.3 Å². The van der Waals surface area contributed by atoms with Crippen molar-refractivity contribution in [1.29, 1.82) is 0 Å². The zero-order valence-electron chi connectivity index (χ0n) is 13.1. The molecule has 2 rings (SSSR count). The summed E-state index contributed by atoms with van der Waals surface area (Å²) in [4.78, 5) is 32.4. The Hall–Kier alpha value is -2.50. The molecule has 1 heterocycles. The van der Waals surface area contributed by atoms with Crippen molar-refractivity contribution in [3.63, 3.8) is 0 Å². The molecular formula is C16H20N4O2. The van der Waals surface area contributed by atoms with Gasteiger partial charge in [0.15, 0.2) is 0 Å². The van der Waals surface area contributed by atoms with E-state index < -0.39 is 0 Å². The van der Waals surface area contributed by atoms with Crippen molar-refractivity contribution < 1.29 is 9.59 Å². The summed E-state index contributed by atoms with van der Waals surface area (Å²) >= 11 is 0. The molecule has 1 aromatic carbocycles. The molecule has 1 aromatic heterocycles. The molecule has 2 N–H and O–H groups in total. The predicted octanol–water partition coefficient (Wildman–Crippen LogP) is 1.50. The van der Waals surface area contributed by atoms with E-state index in [2.05, 4.69) is 20.6 Å². The normalized spacial score (nSPS) is 10.5. The van der Waals surface area contributed by atoms with Crippen LogP contribution in [-0.2, 0) is 4.79 Å². The van der Waals surface area contributed by atoms with Gasteiger partial charge in [-0.25, -0.2) is 9.97 Å². The average Bonchev–Trinajstić information content (AvgIpc) is 2.51. The first-order valence-electron chi connectivity index (χ1n) is 7.31. The van der Waals surface area contributed by atoms with Crippen LogP contribution in [0.5, 0.6) is 0 Å². The first-order chi connectivity index (χ1) is 10.5. The van der Waals surface area contributed by atoms with E-state index in [1.165, 1.54) is 0 Å². The summed E-state index contributed by atoms with van der Waals surface area (Å²) in [6.07, 6.45) is 0.863. The Morgan fingerprint density at radius 1 is 1.05 bits per heavy atom. The summed E-state index contributed by atoms with van der Waals surface area (Å²) in [5.41, 5.74) is 3.60. The third kappa shape index (κ3) is 3.78. The molecule has 6 heteroatoms. The van der Waals surface area contributed by atoms with Gasteiger partial charge in [0.1, 0.15) is 0 Å². The van der Waals surface area contributed by atoms with E-state index in [0.29, 0.717) is 17.6 Å². The van der Waals surface area contributed by atoms with Gasteiger partial charge in [0.05, 0.1) is 29.0 Å². The van der Waals surface area contributed by atoms with Crippen molar-refractivity contribution in [1.82, 2.24) is 20.6 Å². The van der Waals surface area contributed by atoms with E-state index >= 15 is 0 Å². The van der Waals surface area contributed by atoms with Crippen LogP contribution in [0.3, 0.4) is 0 Å². The maximum Gasteiger partial charge on any atom is 0.251 e. The molecule has 0 bridgehead atoms. The molecule has 0 saturated heterocycles. The summed E-state index contributed by atoms with van der Waals surface area (Å²) < 4.78 is 0. The molecule has 0 unspecified atom stereocenters. The smallest absolute Gasteiger partial charge is 0.251 e. The number of aryl methyl sites for hydroxylation is 2. The molecule has 0 saturated carbocycles. The number of nitrogens with zero attached hydrogens (tertiary/aromatic N) is 2. The molecule has 22 heavy (non-hydrogen) atoms. The van der Waals surface area contributed by atoms with Crippen LogP contribution in [0.4, 0.5) is 0 Å². The van der Waals surface area contributed by atoms with Gasteiger partial charge in [0.25, 0.3) is 5.91 Å². The molecule has 6 nitrogen and oxygen atoms in total. The maximum atomic E-state index is 12.1. The summed E-state index contributed by atoms with van der Waals surface area (Å²) in [6, 6.07) is 5.14. The number of rotatable bonds is 5. The molecular weight excluding hydrogens is 280 g/mol. The van der Waals surface area contributed by atoms with Crippen molar-refractivity contribution in [2.24, 2.45) is 0 Å². The molecule has 2 aromatic rings. The minimum atomic E-state index is -0.298. The molecule has 0 aliphatic rings. The highest BCUT2D eigenvalue weighted by molar-refractivity contribution is 5.98. The minimum absolute atomic E-state index is 0.0323. The molecule has 0 aliphatic heterocycles. The van der Waals surface area contributed by atoms with Crippen LogP contribution in [0, 0.1) is 13.8 Å². The van der Waals surface area contributed by atoms with Gasteiger partial charge in [0, 0.05) is 12.1 Å². The van der Waals surface area contributed by atoms with Gasteiger partial charge in [-0.2, -0.15) is 0 Å². The van der Waals surface area contributed by atoms with Crippen molar-refractivity contribution in [2.75, 3.05) is 13.1 Å². The topological polar surface area (TPSA) is 84.0 Å². The zero-order chi connectivity index (χ0) is 16.1. The molecule has 0 radical (unpaired) electrons. The highest BCUT2D eigenvalue weighted by Gasteiger charge is 2.10. The van der Waals surface area contributed by atoms with Crippen LogP contribution in [0.25, 0.3) is 11.0 Å².